The van der Waals surface area contributed by atoms with E-state index in [-0.39, 0.29) is 11.8 Å². The van der Waals surface area contributed by atoms with Crippen molar-refractivity contribution >= 4 is 22.4 Å². The number of fused-ring (bicyclic) bond motifs is 1. The van der Waals surface area contributed by atoms with E-state index in [0.717, 1.165) is 30.5 Å². The largest absolute Gasteiger partial charge is 0.312 e. The zero-order valence-electron chi connectivity index (χ0n) is 10.6. The molecule has 1 saturated carbocycles. The smallest absolute Gasteiger partial charge is 0.230 e. The second kappa shape index (κ2) is 4.45. The number of hydrogen-bond donors (Lipinski definition) is 0. The van der Waals surface area contributed by atoms with E-state index in [1.54, 1.807) is 0 Å². The molecular formula is C16H17NO. The molecule has 2 nitrogen and oxygen atoms in total. The zero-order valence-corrected chi connectivity index (χ0v) is 10.6. The van der Waals surface area contributed by atoms with Crippen LogP contribution in [0.1, 0.15) is 19.8 Å². The first kappa shape index (κ1) is 11.3. The van der Waals surface area contributed by atoms with Crippen LogP contribution in [0.15, 0.2) is 42.5 Å². The van der Waals surface area contributed by atoms with Crippen LogP contribution in [0, 0.1) is 5.92 Å². The van der Waals surface area contributed by atoms with E-state index in [1.807, 2.05) is 36.1 Å². The quantitative estimate of drug-likeness (QED) is 0.801. The summed E-state index contributed by atoms with van der Waals surface area (Å²) in [4.78, 5) is 14.2. The molecule has 0 bridgehead atoms. The molecule has 0 heterocycles. The summed E-state index contributed by atoms with van der Waals surface area (Å²) < 4.78 is 0. The van der Waals surface area contributed by atoms with Crippen LogP contribution >= 0.6 is 0 Å². The van der Waals surface area contributed by atoms with E-state index in [1.165, 1.54) is 5.39 Å². The lowest BCUT2D eigenvalue weighted by molar-refractivity contribution is -0.119. The highest BCUT2D eigenvalue weighted by Crippen LogP contribution is 2.34. The molecule has 1 aliphatic carbocycles. The van der Waals surface area contributed by atoms with Crippen LogP contribution in [-0.4, -0.2) is 12.5 Å². The number of anilines is 1. The summed E-state index contributed by atoms with van der Waals surface area (Å²) in [6.07, 6.45) is 2.11. The van der Waals surface area contributed by atoms with Gasteiger partial charge in [0, 0.05) is 17.8 Å². The molecule has 1 amide bonds. The minimum atomic E-state index is 0.268. The van der Waals surface area contributed by atoms with Crippen LogP contribution in [0.3, 0.4) is 0 Å². The summed E-state index contributed by atoms with van der Waals surface area (Å²) >= 11 is 0. The van der Waals surface area contributed by atoms with Crippen molar-refractivity contribution in [1.82, 2.24) is 0 Å². The molecule has 0 N–H and O–H groups in total. The Labute approximate surface area is 107 Å². The van der Waals surface area contributed by atoms with Gasteiger partial charge in [-0.15, -0.1) is 0 Å². The Morgan fingerprint density at radius 2 is 1.89 bits per heavy atom. The van der Waals surface area contributed by atoms with Gasteiger partial charge < -0.3 is 4.90 Å². The van der Waals surface area contributed by atoms with Gasteiger partial charge in [0.25, 0.3) is 0 Å². The number of carbonyl (C=O) groups is 1. The predicted octanol–water partition coefficient (Wildman–Crippen LogP) is 3.60. The molecule has 0 atom stereocenters. The van der Waals surface area contributed by atoms with Crippen molar-refractivity contribution in [3.63, 3.8) is 0 Å². The van der Waals surface area contributed by atoms with Gasteiger partial charge in [0.1, 0.15) is 0 Å². The summed E-state index contributed by atoms with van der Waals surface area (Å²) in [5, 5.41) is 2.35. The number of hydrogen-bond acceptors (Lipinski definition) is 1. The molecule has 2 heteroatoms. The minimum Gasteiger partial charge on any atom is -0.312 e. The normalized spacial score (nSPS) is 14.7. The van der Waals surface area contributed by atoms with Crippen LogP contribution in [-0.2, 0) is 4.79 Å². The third-order valence-electron chi connectivity index (χ3n) is 3.57. The molecule has 3 rings (SSSR count). The summed E-state index contributed by atoms with van der Waals surface area (Å²) in [5.41, 5.74) is 1.05. The predicted molar refractivity (Wildman–Crippen MR) is 74.7 cm³/mol. The van der Waals surface area contributed by atoms with Crippen molar-refractivity contribution in [2.24, 2.45) is 5.92 Å². The lowest BCUT2D eigenvalue weighted by atomic mass is 10.1. The molecule has 18 heavy (non-hydrogen) atoms. The van der Waals surface area contributed by atoms with Crippen molar-refractivity contribution < 1.29 is 4.79 Å². The molecule has 0 unspecified atom stereocenters. The summed E-state index contributed by atoms with van der Waals surface area (Å²) in [7, 11) is 0. The highest BCUT2D eigenvalue weighted by Gasteiger charge is 2.33. The van der Waals surface area contributed by atoms with Crippen LogP contribution in [0.25, 0.3) is 10.8 Å². The fourth-order valence-corrected chi connectivity index (χ4v) is 2.44. The molecule has 0 aromatic heterocycles. The fourth-order valence-electron chi connectivity index (χ4n) is 2.44. The second-order valence-corrected chi connectivity index (χ2v) is 4.86. The number of carbonyl (C=O) groups excluding carboxylic acids is 1. The average molecular weight is 239 g/mol. The zero-order chi connectivity index (χ0) is 12.5. The van der Waals surface area contributed by atoms with Gasteiger partial charge >= 0.3 is 0 Å². The third-order valence-corrected chi connectivity index (χ3v) is 3.57. The maximum atomic E-state index is 12.3. The van der Waals surface area contributed by atoms with E-state index in [2.05, 4.69) is 18.2 Å². The number of nitrogens with zero attached hydrogens (tertiary/aromatic N) is 1. The first-order valence-corrected chi connectivity index (χ1v) is 6.60. The lowest BCUT2D eigenvalue weighted by Gasteiger charge is -2.22. The summed E-state index contributed by atoms with van der Waals surface area (Å²) in [5.74, 6) is 0.553. The molecule has 0 radical (unpaired) electrons. The Bertz CT molecular complexity index is 581. The van der Waals surface area contributed by atoms with E-state index in [0.29, 0.717) is 0 Å². The van der Waals surface area contributed by atoms with Crippen molar-refractivity contribution in [2.75, 3.05) is 11.4 Å². The molecule has 0 aliphatic heterocycles. The van der Waals surface area contributed by atoms with Gasteiger partial charge in [-0.05, 0) is 31.2 Å². The lowest BCUT2D eigenvalue weighted by Crippen LogP contribution is -2.32. The Morgan fingerprint density at radius 3 is 2.61 bits per heavy atom. The second-order valence-electron chi connectivity index (χ2n) is 4.86. The fraction of sp³-hybridized carbons (Fsp3) is 0.312. The van der Waals surface area contributed by atoms with Crippen molar-refractivity contribution in [3.05, 3.63) is 42.5 Å². The molecular weight excluding hydrogens is 222 g/mol. The number of benzene rings is 2. The van der Waals surface area contributed by atoms with E-state index in [4.69, 9.17) is 0 Å². The standard InChI is InChI=1S/C16H17NO/c1-2-17(16(18)13-10-11-13)15-9-5-7-12-6-3-4-8-14(12)15/h3-9,13H,2,10-11H2,1H3. The monoisotopic (exact) mass is 239 g/mol. The van der Waals surface area contributed by atoms with E-state index in [9.17, 15) is 4.79 Å². The van der Waals surface area contributed by atoms with Crippen molar-refractivity contribution in [3.8, 4) is 0 Å². The summed E-state index contributed by atoms with van der Waals surface area (Å²) in [6, 6.07) is 14.4. The molecule has 2 aromatic carbocycles. The van der Waals surface area contributed by atoms with Crippen LogP contribution in [0.2, 0.25) is 0 Å². The highest BCUT2D eigenvalue weighted by molar-refractivity contribution is 6.05. The van der Waals surface area contributed by atoms with Gasteiger partial charge in [-0.1, -0.05) is 36.4 Å². The van der Waals surface area contributed by atoms with Crippen LogP contribution in [0.5, 0.6) is 0 Å². The first-order valence-electron chi connectivity index (χ1n) is 6.60. The molecule has 0 spiro atoms. The van der Waals surface area contributed by atoms with Gasteiger partial charge in [0.05, 0.1) is 5.69 Å². The molecule has 0 saturated heterocycles. The van der Waals surface area contributed by atoms with Gasteiger partial charge in [0.2, 0.25) is 5.91 Å². The minimum absolute atomic E-state index is 0.268. The molecule has 2 aromatic rings. The van der Waals surface area contributed by atoms with Crippen molar-refractivity contribution in [1.29, 1.82) is 0 Å². The molecule has 1 fully saturated rings. The number of rotatable bonds is 3. The van der Waals surface area contributed by atoms with Gasteiger partial charge in [-0.3, -0.25) is 4.79 Å². The summed E-state index contributed by atoms with van der Waals surface area (Å²) in [6.45, 7) is 2.78. The van der Waals surface area contributed by atoms with Gasteiger partial charge in [0.15, 0.2) is 0 Å². The van der Waals surface area contributed by atoms with E-state index < -0.39 is 0 Å². The van der Waals surface area contributed by atoms with Crippen LogP contribution < -0.4 is 4.90 Å². The Hall–Kier alpha value is -1.83. The Balaban J connectivity index is 2.08. The van der Waals surface area contributed by atoms with Crippen LogP contribution in [0.4, 0.5) is 5.69 Å². The highest BCUT2D eigenvalue weighted by atomic mass is 16.2. The topological polar surface area (TPSA) is 20.3 Å². The van der Waals surface area contributed by atoms with Crippen molar-refractivity contribution in [2.45, 2.75) is 19.8 Å². The first-order chi connectivity index (χ1) is 8.81. The third kappa shape index (κ3) is 1.88. The Kier molecular flexibility index (Phi) is 2.78. The van der Waals surface area contributed by atoms with Gasteiger partial charge in [-0.25, -0.2) is 0 Å². The average Bonchev–Trinajstić information content (AvgIpc) is 3.24. The Morgan fingerprint density at radius 1 is 1.17 bits per heavy atom. The number of amides is 1. The van der Waals surface area contributed by atoms with E-state index >= 15 is 0 Å². The molecule has 1 aliphatic rings. The van der Waals surface area contributed by atoms with Gasteiger partial charge in [-0.2, -0.15) is 0 Å². The SMILES string of the molecule is CCN(C(=O)C1CC1)c1cccc2ccccc12. The maximum Gasteiger partial charge on any atom is 0.230 e. The molecule has 92 valence electrons. The maximum absolute atomic E-state index is 12.3.